The number of hydrogen-bond donors (Lipinski definition) is 1. The largest absolute Gasteiger partial charge is 0.342 e. The molecule has 0 aliphatic rings. The summed E-state index contributed by atoms with van der Waals surface area (Å²) in [6.07, 6.45) is 0.433. The van der Waals surface area contributed by atoms with E-state index in [1.165, 1.54) is 17.3 Å². The number of carbonyl (C=O) groups is 1. The van der Waals surface area contributed by atoms with Gasteiger partial charge < -0.3 is 5.32 Å². The number of amides is 1. The van der Waals surface area contributed by atoms with E-state index >= 15 is 0 Å². The van der Waals surface area contributed by atoms with Gasteiger partial charge in [0.25, 0.3) is 0 Å². The van der Waals surface area contributed by atoms with Gasteiger partial charge in [-0.3, -0.25) is 4.79 Å². The number of nitrogens with one attached hydrogen (secondary N) is 1. The third-order valence-corrected chi connectivity index (χ3v) is 4.18. The van der Waals surface area contributed by atoms with E-state index < -0.39 is 4.84 Å². The van der Waals surface area contributed by atoms with Crippen molar-refractivity contribution in [1.29, 1.82) is 0 Å². The van der Waals surface area contributed by atoms with Crippen molar-refractivity contribution in [2.24, 2.45) is 0 Å². The fraction of sp³-hybridized carbons (Fsp3) is 0.417. The summed E-state index contributed by atoms with van der Waals surface area (Å²) in [4.78, 5) is 10.7. The highest BCUT2D eigenvalue weighted by atomic mass is 35.5. The van der Waals surface area contributed by atoms with Gasteiger partial charge in [0.05, 0.1) is 0 Å². The summed E-state index contributed by atoms with van der Waals surface area (Å²) >= 11 is 13.2. The number of benzene rings is 1. The first-order valence-corrected chi connectivity index (χ1v) is 7.28. The molecule has 2 nitrogen and oxygen atoms in total. The van der Waals surface area contributed by atoms with Crippen LogP contribution >= 0.6 is 35.0 Å². The van der Waals surface area contributed by atoms with Crippen LogP contribution in [0.4, 0.5) is 0 Å². The Morgan fingerprint density at radius 1 is 1.35 bits per heavy atom. The lowest BCUT2D eigenvalue weighted by molar-refractivity contribution is -0.120. The SMILES string of the molecule is CCC(=O)NC(SCc1ccccc1)C(Cl)Cl. The minimum atomic E-state index is -0.612. The number of alkyl halides is 2. The average Bonchev–Trinajstić information content (AvgIpc) is 2.35. The molecule has 0 spiro atoms. The molecule has 0 aromatic heterocycles. The standard InChI is InChI=1S/C12H15Cl2NOS/c1-2-10(16)15-12(11(13)14)17-8-9-6-4-3-5-7-9/h3-7,11-12H,2,8H2,1H3,(H,15,16). The maximum absolute atomic E-state index is 11.3. The van der Waals surface area contributed by atoms with E-state index in [1.54, 1.807) is 6.92 Å². The molecule has 1 unspecified atom stereocenters. The average molecular weight is 292 g/mol. The number of rotatable bonds is 6. The molecule has 1 aromatic carbocycles. The van der Waals surface area contributed by atoms with Gasteiger partial charge in [-0.05, 0) is 5.56 Å². The Morgan fingerprint density at radius 3 is 2.53 bits per heavy atom. The predicted molar refractivity (Wildman–Crippen MR) is 75.5 cm³/mol. The van der Waals surface area contributed by atoms with E-state index in [2.05, 4.69) is 5.32 Å². The molecule has 94 valence electrons. The van der Waals surface area contributed by atoms with Crippen LogP contribution in [-0.2, 0) is 10.5 Å². The first kappa shape index (κ1) is 14.7. The van der Waals surface area contributed by atoms with Crippen molar-refractivity contribution in [3.63, 3.8) is 0 Å². The fourth-order valence-corrected chi connectivity index (χ4v) is 2.69. The molecule has 1 aromatic rings. The fourth-order valence-electron chi connectivity index (χ4n) is 1.20. The van der Waals surface area contributed by atoms with Crippen LogP contribution in [0.25, 0.3) is 0 Å². The van der Waals surface area contributed by atoms with Gasteiger partial charge in [0, 0.05) is 12.2 Å². The van der Waals surface area contributed by atoms with Crippen molar-refractivity contribution in [2.75, 3.05) is 0 Å². The van der Waals surface area contributed by atoms with Crippen molar-refractivity contribution in [2.45, 2.75) is 29.3 Å². The van der Waals surface area contributed by atoms with Crippen LogP contribution in [-0.4, -0.2) is 16.1 Å². The molecule has 0 aliphatic carbocycles. The second-order valence-electron chi connectivity index (χ2n) is 3.47. The molecule has 0 saturated carbocycles. The van der Waals surface area contributed by atoms with Crippen LogP contribution in [0.5, 0.6) is 0 Å². The highest BCUT2D eigenvalue weighted by molar-refractivity contribution is 7.99. The van der Waals surface area contributed by atoms with E-state index in [-0.39, 0.29) is 11.3 Å². The zero-order chi connectivity index (χ0) is 12.7. The smallest absolute Gasteiger partial charge is 0.220 e. The maximum atomic E-state index is 11.3. The lowest BCUT2D eigenvalue weighted by Gasteiger charge is -2.18. The molecule has 0 bridgehead atoms. The first-order valence-electron chi connectivity index (χ1n) is 5.36. The molecule has 0 aliphatic heterocycles. The molecule has 1 rings (SSSR count). The summed E-state index contributed by atoms with van der Waals surface area (Å²) in [5.74, 6) is 0.729. The molecule has 0 radical (unpaired) electrons. The van der Waals surface area contributed by atoms with Crippen LogP contribution in [0.2, 0.25) is 0 Å². The monoisotopic (exact) mass is 291 g/mol. The summed E-state index contributed by atoms with van der Waals surface area (Å²) in [5.41, 5.74) is 1.18. The molecule has 1 N–H and O–H groups in total. The summed E-state index contributed by atoms with van der Waals surface area (Å²) in [6.45, 7) is 1.80. The van der Waals surface area contributed by atoms with Crippen molar-refractivity contribution in [3.8, 4) is 0 Å². The molecule has 17 heavy (non-hydrogen) atoms. The third-order valence-electron chi connectivity index (χ3n) is 2.13. The molecule has 0 heterocycles. The Kier molecular flexibility index (Phi) is 6.78. The number of hydrogen-bond acceptors (Lipinski definition) is 2. The third kappa shape index (κ3) is 5.66. The summed E-state index contributed by atoms with van der Waals surface area (Å²) in [6, 6.07) is 9.99. The maximum Gasteiger partial charge on any atom is 0.220 e. The molecular weight excluding hydrogens is 277 g/mol. The molecule has 1 amide bonds. The highest BCUT2D eigenvalue weighted by Gasteiger charge is 2.19. The van der Waals surface area contributed by atoms with E-state index in [0.29, 0.717) is 6.42 Å². The Balaban J connectivity index is 2.47. The second-order valence-corrected chi connectivity index (χ2v) is 5.77. The summed E-state index contributed by atoms with van der Waals surface area (Å²) in [7, 11) is 0. The first-order chi connectivity index (χ1) is 8.13. The predicted octanol–water partition coefficient (Wildman–Crippen LogP) is 3.58. The quantitative estimate of drug-likeness (QED) is 0.641. The van der Waals surface area contributed by atoms with Crippen LogP contribution in [0, 0.1) is 0 Å². The lowest BCUT2D eigenvalue weighted by Crippen LogP contribution is -2.36. The van der Waals surface area contributed by atoms with Crippen LogP contribution < -0.4 is 5.32 Å². The summed E-state index contributed by atoms with van der Waals surface area (Å²) in [5, 5.41) is 2.52. The Labute approximate surface area is 116 Å². The van der Waals surface area contributed by atoms with E-state index in [0.717, 1.165) is 5.75 Å². The molecular formula is C12H15Cl2NOS. The second kappa shape index (κ2) is 7.85. The summed E-state index contributed by atoms with van der Waals surface area (Å²) < 4.78 is 0. The highest BCUT2D eigenvalue weighted by Crippen LogP contribution is 2.23. The van der Waals surface area contributed by atoms with E-state index in [1.807, 2.05) is 30.3 Å². The van der Waals surface area contributed by atoms with Gasteiger partial charge in [-0.25, -0.2) is 0 Å². The zero-order valence-electron chi connectivity index (χ0n) is 9.53. The molecule has 1 atom stereocenters. The Morgan fingerprint density at radius 2 is 2.00 bits per heavy atom. The normalized spacial score (nSPS) is 12.5. The lowest BCUT2D eigenvalue weighted by atomic mass is 10.2. The molecule has 0 fully saturated rings. The van der Waals surface area contributed by atoms with Gasteiger partial charge in [0.1, 0.15) is 10.2 Å². The Hall–Kier alpha value is -0.380. The number of thioether (sulfide) groups is 1. The topological polar surface area (TPSA) is 29.1 Å². The zero-order valence-corrected chi connectivity index (χ0v) is 11.9. The minimum Gasteiger partial charge on any atom is -0.342 e. The number of halogens is 2. The van der Waals surface area contributed by atoms with Crippen molar-refractivity contribution in [1.82, 2.24) is 5.32 Å². The van der Waals surface area contributed by atoms with Crippen LogP contribution in [0.1, 0.15) is 18.9 Å². The van der Waals surface area contributed by atoms with Crippen molar-refractivity contribution in [3.05, 3.63) is 35.9 Å². The van der Waals surface area contributed by atoms with Gasteiger partial charge in [0.15, 0.2) is 0 Å². The van der Waals surface area contributed by atoms with Crippen LogP contribution in [0.3, 0.4) is 0 Å². The number of carbonyl (C=O) groups excluding carboxylic acids is 1. The van der Waals surface area contributed by atoms with Gasteiger partial charge in [0.2, 0.25) is 5.91 Å². The van der Waals surface area contributed by atoms with Crippen LogP contribution in [0.15, 0.2) is 30.3 Å². The molecule has 5 heteroatoms. The van der Waals surface area contributed by atoms with E-state index in [4.69, 9.17) is 23.2 Å². The van der Waals surface area contributed by atoms with Crippen molar-refractivity contribution >= 4 is 40.9 Å². The van der Waals surface area contributed by atoms with Gasteiger partial charge in [-0.1, -0.05) is 37.3 Å². The van der Waals surface area contributed by atoms with Crippen molar-refractivity contribution < 1.29 is 4.79 Å². The van der Waals surface area contributed by atoms with Gasteiger partial charge in [-0.15, -0.1) is 35.0 Å². The molecule has 0 saturated heterocycles. The van der Waals surface area contributed by atoms with Gasteiger partial charge >= 0.3 is 0 Å². The Bertz CT molecular complexity index is 346. The van der Waals surface area contributed by atoms with E-state index in [9.17, 15) is 4.79 Å². The minimum absolute atomic E-state index is 0.0399. The van der Waals surface area contributed by atoms with Gasteiger partial charge in [-0.2, -0.15) is 0 Å².